The quantitative estimate of drug-likeness (QED) is 0.227. The molecule has 4 rings (SSSR count). The van der Waals surface area contributed by atoms with E-state index in [4.69, 9.17) is 13.9 Å². The maximum atomic E-state index is 14.7. The van der Waals surface area contributed by atoms with E-state index in [0.29, 0.717) is 0 Å². The van der Waals surface area contributed by atoms with E-state index >= 15 is 0 Å². The summed E-state index contributed by atoms with van der Waals surface area (Å²) >= 11 is 0. The first-order valence-corrected chi connectivity index (χ1v) is 12.9. The first-order chi connectivity index (χ1) is 19.2. The van der Waals surface area contributed by atoms with Gasteiger partial charge in [-0.3, -0.25) is 4.72 Å². The van der Waals surface area contributed by atoms with Crippen LogP contribution in [-0.2, 0) is 29.4 Å². The summed E-state index contributed by atoms with van der Waals surface area (Å²) in [5, 5.41) is 0. The molecule has 0 aliphatic carbocycles. The number of nitrogens with one attached hydrogen (secondary N) is 1. The second-order valence-corrected chi connectivity index (χ2v) is 10.00. The Kier molecular flexibility index (Phi) is 8.37. The molecule has 4 aromatic rings. The monoisotopic (exact) mass is 606 g/mol. The number of pyridine rings is 2. The molecule has 0 amide bonds. The fourth-order valence-electron chi connectivity index (χ4n) is 3.34. The first-order valence-electron chi connectivity index (χ1n) is 11.2. The molecule has 0 unspecified atom stereocenters. The third kappa shape index (κ3) is 8.29. The summed E-state index contributed by atoms with van der Waals surface area (Å²) in [5.74, 6) is -3.68. The lowest BCUT2D eigenvalue weighted by molar-refractivity contribution is -0.137. The highest BCUT2D eigenvalue weighted by Gasteiger charge is 2.36. The zero-order chi connectivity index (χ0) is 29.8. The predicted molar refractivity (Wildman–Crippen MR) is 128 cm³/mol. The second kappa shape index (κ2) is 11.6. The van der Waals surface area contributed by atoms with Gasteiger partial charge in [-0.05, 0) is 29.8 Å². The van der Waals surface area contributed by atoms with Crippen molar-refractivity contribution in [3.05, 3.63) is 84.0 Å². The molecular formula is C24H17F7N4O5S. The Morgan fingerprint density at radius 3 is 2.41 bits per heavy atom. The van der Waals surface area contributed by atoms with Gasteiger partial charge >= 0.3 is 12.4 Å². The van der Waals surface area contributed by atoms with Crippen LogP contribution in [0.5, 0.6) is 11.8 Å². The normalized spacial score (nSPS) is 12.3. The number of nitrogens with zero attached hydrogens (tertiary/aromatic N) is 3. The summed E-state index contributed by atoms with van der Waals surface area (Å²) in [6.45, 7) is -0.691. The number of oxazole rings is 1. The van der Waals surface area contributed by atoms with Crippen LogP contribution in [0.3, 0.4) is 0 Å². The molecule has 17 heteroatoms. The smallest absolute Gasteiger partial charge is 0.416 e. The van der Waals surface area contributed by atoms with E-state index < -0.39 is 56.8 Å². The van der Waals surface area contributed by atoms with Crippen molar-refractivity contribution in [1.29, 1.82) is 0 Å². The number of aromatic nitrogens is 3. The molecule has 0 spiro atoms. The molecular weight excluding hydrogens is 589 g/mol. The van der Waals surface area contributed by atoms with Crippen molar-refractivity contribution in [3.63, 3.8) is 0 Å². The molecule has 0 aliphatic heterocycles. The van der Waals surface area contributed by atoms with E-state index in [-0.39, 0.29) is 36.0 Å². The van der Waals surface area contributed by atoms with Crippen LogP contribution in [0.25, 0.3) is 11.3 Å². The minimum atomic E-state index is -5.07. The van der Waals surface area contributed by atoms with Crippen LogP contribution in [0.1, 0.15) is 16.9 Å². The fraction of sp³-hybridized carbons (Fsp3) is 0.208. The highest BCUT2D eigenvalue weighted by atomic mass is 32.2. The molecule has 0 radical (unpaired) electrons. The minimum Gasteiger partial charge on any atom is -0.473 e. The van der Waals surface area contributed by atoms with Crippen LogP contribution in [-0.4, -0.2) is 35.3 Å². The number of ether oxygens (including phenoxy) is 2. The second-order valence-electron chi connectivity index (χ2n) is 8.28. The zero-order valence-corrected chi connectivity index (χ0v) is 21.1. The lowest BCUT2D eigenvalue weighted by Gasteiger charge is -2.15. The van der Waals surface area contributed by atoms with E-state index in [1.165, 1.54) is 18.3 Å². The Morgan fingerprint density at radius 1 is 0.951 bits per heavy atom. The SMILES string of the molecule is O=S(=O)(CC(F)(F)F)Nc1cc(-c2nc(OCc3cccc(C(F)(F)F)c3)ccc2F)cnc1OCc1cnco1. The first kappa shape index (κ1) is 29.6. The number of halogens is 7. The Balaban J connectivity index is 1.62. The van der Waals surface area contributed by atoms with Gasteiger partial charge in [-0.15, -0.1) is 0 Å². The number of sulfonamides is 1. The number of benzene rings is 1. The zero-order valence-electron chi connectivity index (χ0n) is 20.3. The number of rotatable bonds is 10. The van der Waals surface area contributed by atoms with Gasteiger partial charge in [0.2, 0.25) is 21.8 Å². The average molecular weight is 606 g/mol. The third-order valence-corrected chi connectivity index (χ3v) is 6.28. The lowest BCUT2D eigenvalue weighted by atomic mass is 10.1. The van der Waals surface area contributed by atoms with Gasteiger partial charge in [0.1, 0.15) is 30.4 Å². The molecule has 3 heterocycles. The molecule has 3 aromatic heterocycles. The molecule has 0 fully saturated rings. The lowest BCUT2D eigenvalue weighted by Crippen LogP contribution is -2.28. The molecule has 0 saturated heterocycles. The summed E-state index contributed by atoms with van der Waals surface area (Å²) in [4.78, 5) is 11.5. The van der Waals surface area contributed by atoms with Gasteiger partial charge in [-0.1, -0.05) is 12.1 Å². The van der Waals surface area contributed by atoms with Crippen molar-refractivity contribution in [2.24, 2.45) is 0 Å². The number of alkyl halides is 6. The van der Waals surface area contributed by atoms with Gasteiger partial charge in [0.15, 0.2) is 17.9 Å². The molecule has 0 saturated carbocycles. The van der Waals surface area contributed by atoms with Crippen molar-refractivity contribution in [1.82, 2.24) is 15.0 Å². The Hall–Kier alpha value is -4.41. The molecule has 1 N–H and O–H groups in total. The molecule has 218 valence electrons. The summed E-state index contributed by atoms with van der Waals surface area (Å²) in [5.41, 5.74) is -1.96. The van der Waals surface area contributed by atoms with Gasteiger partial charge in [0.25, 0.3) is 0 Å². The molecule has 0 bridgehead atoms. The maximum absolute atomic E-state index is 14.7. The number of anilines is 1. The highest BCUT2D eigenvalue weighted by Crippen LogP contribution is 2.33. The van der Waals surface area contributed by atoms with E-state index in [1.54, 1.807) is 4.72 Å². The van der Waals surface area contributed by atoms with Crippen molar-refractivity contribution < 1.29 is 53.0 Å². The molecule has 41 heavy (non-hydrogen) atoms. The van der Waals surface area contributed by atoms with Crippen molar-refractivity contribution in [2.75, 3.05) is 10.5 Å². The summed E-state index contributed by atoms with van der Waals surface area (Å²) in [7, 11) is -5.01. The van der Waals surface area contributed by atoms with Crippen LogP contribution in [0.2, 0.25) is 0 Å². The standard InChI is InChI=1S/C24H17F7N4O5S/c25-18-4-5-20(38-10-14-2-1-3-16(6-14)24(29,30)31)34-21(18)15-7-19(35-41(36,37)12-23(26,27)28)22(33-8-15)39-11-17-9-32-13-40-17/h1-9,13,35H,10-12H2. The topological polar surface area (TPSA) is 116 Å². The van der Waals surface area contributed by atoms with E-state index in [0.717, 1.165) is 42.9 Å². The Labute approximate surface area is 227 Å². The molecule has 1 aromatic carbocycles. The third-order valence-electron chi connectivity index (χ3n) is 5.04. The highest BCUT2D eigenvalue weighted by molar-refractivity contribution is 7.92. The van der Waals surface area contributed by atoms with Gasteiger partial charge in [0, 0.05) is 17.8 Å². The van der Waals surface area contributed by atoms with E-state index in [2.05, 4.69) is 15.0 Å². The van der Waals surface area contributed by atoms with Crippen molar-refractivity contribution in [2.45, 2.75) is 25.6 Å². The van der Waals surface area contributed by atoms with Crippen LogP contribution < -0.4 is 14.2 Å². The largest absolute Gasteiger partial charge is 0.473 e. The van der Waals surface area contributed by atoms with E-state index in [9.17, 15) is 39.2 Å². The summed E-state index contributed by atoms with van der Waals surface area (Å²) in [6, 6.07) is 7.27. The van der Waals surface area contributed by atoms with Gasteiger partial charge in [-0.25, -0.2) is 27.8 Å². The fourth-order valence-corrected chi connectivity index (χ4v) is 4.33. The number of hydrogen-bond donors (Lipinski definition) is 1. The van der Waals surface area contributed by atoms with E-state index in [1.807, 2.05) is 0 Å². The van der Waals surface area contributed by atoms with Crippen LogP contribution in [0.15, 0.2) is 65.7 Å². The minimum absolute atomic E-state index is 0.142. The average Bonchev–Trinajstić information content (AvgIpc) is 3.39. The molecule has 9 nitrogen and oxygen atoms in total. The van der Waals surface area contributed by atoms with Crippen LogP contribution in [0.4, 0.5) is 36.4 Å². The van der Waals surface area contributed by atoms with Crippen molar-refractivity contribution >= 4 is 15.7 Å². The molecule has 0 aliphatic rings. The van der Waals surface area contributed by atoms with Gasteiger partial charge in [0.05, 0.1) is 11.8 Å². The molecule has 0 atom stereocenters. The van der Waals surface area contributed by atoms with Crippen molar-refractivity contribution in [3.8, 4) is 23.0 Å². The van der Waals surface area contributed by atoms with Gasteiger partial charge < -0.3 is 13.9 Å². The van der Waals surface area contributed by atoms with Crippen LogP contribution in [0, 0.1) is 5.82 Å². The Bertz CT molecular complexity index is 1610. The van der Waals surface area contributed by atoms with Crippen LogP contribution >= 0.6 is 0 Å². The summed E-state index contributed by atoms with van der Waals surface area (Å²) in [6.07, 6.45) is -6.28. The maximum Gasteiger partial charge on any atom is 0.416 e. The predicted octanol–water partition coefficient (Wildman–Crippen LogP) is 5.75. The number of hydrogen-bond acceptors (Lipinski definition) is 8. The summed E-state index contributed by atoms with van der Waals surface area (Å²) < 4.78 is 134. The van der Waals surface area contributed by atoms with Gasteiger partial charge in [-0.2, -0.15) is 26.3 Å². The Morgan fingerprint density at radius 2 is 1.73 bits per heavy atom.